The molecule has 0 saturated carbocycles. The Balaban J connectivity index is 1.81. The van der Waals surface area contributed by atoms with Gasteiger partial charge in [-0.25, -0.2) is 4.79 Å². The maximum Gasteiger partial charge on any atom is 0.315 e. The van der Waals surface area contributed by atoms with Gasteiger partial charge >= 0.3 is 6.03 Å². The Hall–Kier alpha value is -2.05. The molecule has 24 heavy (non-hydrogen) atoms. The molecule has 1 aromatic carbocycles. The van der Waals surface area contributed by atoms with Gasteiger partial charge in [0.15, 0.2) is 0 Å². The number of thiophene rings is 1. The van der Waals surface area contributed by atoms with Gasteiger partial charge in [0.05, 0.1) is 6.54 Å². The first-order chi connectivity index (χ1) is 11.4. The number of aliphatic hydroxyl groups is 1. The number of urea groups is 1. The third kappa shape index (κ3) is 5.54. The molecule has 1 atom stereocenters. The van der Waals surface area contributed by atoms with Crippen molar-refractivity contribution in [2.45, 2.75) is 39.0 Å². The van der Waals surface area contributed by atoms with E-state index < -0.39 is 5.60 Å². The van der Waals surface area contributed by atoms with Gasteiger partial charge in [0.2, 0.25) is 0 Å². The summed E-state index contributed by atoms with van der Waals surface area (Å²) >= 11 is 1.47. The van der Waals surface area contributed by atoms with Crippen LogP contribution in [-0.2, 0) is 12.1 Å². The first-order valence-electron chi connectivity index (χ1n) is 8.00. The molecule has 5 nitrogen and oxygen atoms in total. The van der Waals surface area contributed by atoms with E-state index in [1.807, 2.05) is 41.8 Å². The number of rotatable bonds is 7. The molecule has 0 spiro atoms. The Morgan fingerprint density at radius 3 is 2.71 bits per heavy atom. The highest BCUT2D eigenvalue weighted by atomic mass is 32.1. The molecule has 0 fully saturated rings. The van der Waals surface area contributed by atoms with Crippen molar-refractivity contribution in [3.8, 4) is 0 Å². The molecule has 1 unspecified atom stereocenters. The molecule has 6 heteroatoms. The summed E-state index contributed by atoms with van der Waals surface area (Å²) in [5.74, 6) is 0. The lowest BCUT2D eigenvalue weighted by Crippen LogP contribution is -2.42. The van der Waals surface area contributed by atoms with Crippen LogP contribution >= 0.6 is 11.3 Å². The molecule has 2 amide bonds. The summed E-state index contributed by atoms with van der Waals surface area (Å²) < 4.78 is 0. The molecule has 0 aliphatic rings. The van der Waals surface area contributed by atoms with Gasteiger partial charge in [-0.2, -0.15) is 0 Å². The predicted octanol–water partition coefficient (Wildman–Crippen LogP) is 3.28. The average molecular weight is 347 g/mol. The minimum absolute atomic E-state index is 0.161. The van der Waals surface area contributed by atoms with Crippen molar-refractivity contribution in [2.75, 3.05) is 11.9 Å². The van der Waals surface area contributed by atoms with E-state index in [0.717, 1.165) is 16.1 Å². The van der Waals surface area contributed by atoms with E-state index in [2.05, 4.69) is 29.8 Å². The quantitative estimate of drug-likeness (QED) is 0.621. The van der Waals surface area contributed by atoms with Gasteiger partial charge in [-0.15, -0.1) is 11.3 Å². The van der Waals surface area contributed by atoms with Crippen LogP contribution in [0.4, 0.5) is 10.5 Å². The van der Waals surface area contributed by atoms with Crippen molar-refractivity contribution in [1.82, 2.24) is 10.6 Å². The van der Waals surface area contributed by atoms with Crippen molar-refractivity contribution in [2.24, 2.45) is 0 Å². The third-order valence-corrected chi connectivity index (χ3v) is 4.60. The lowest BCUT2D eigenvalue weighted by Gasteiger charge is -2.22. The molecule has 2 rings (SSSR count). The number of anilines is 1. The maximum atomic E-state index is 11.9. The van der Waals surface area contributed by atoms with Crippen LogP contribution < -0.4 is 16.0 Å². The van der Waals surface area contributed by atoms with Crippen LogP contribution in [0, 0.1) is 0 Å². The van der Waals surface area contributed by atoms with Crippen LogP contribution in [0.15, 0.2) is 41.8 Å². The van der Waals surface area contributed by atoms with Crippen LogP contribution in [0.3, 0.4) is 0 Å². The lowest BCUT2D eigenvalue weighted by molar-refractivity contribution is 0.0631. The number of benzene rings is 1. The fraction of sp³-hybridized carbons (Fsp3) is 0.389. The molecule has 0 saturated heterocycles. The molecular weight excluding hydrogens is 322 g/mol. The van der Waals surface area contributed by atoms with Crippen molar-refractivity contribution in [1.29, 1.82) is 0 Å². The topological polar surface area (TPSA) is 73.4 Å². The SMILES string of the molecule is CC(C)Nc1cccc(CNC(=O)NCC(C)(O)c2cccs2)c1. The Morgan fingerprint density at radius 1 is 1.25 bits per heavy atom. The Bertz CT molecular complexity index is 654. The fourth-order valence-electron chi connectivity index (χ4n) is 2.27. The standard InChI is InChI=1S/C18H25N3O2S/c1-13(2)21-15-7-4-6-14(10-15)11-19-17(22)20-12-18(3,23)16-8-5-9-24-16/h4-10,13,21,23H,11-12H2,1-3H3,(H2,19,20,22). The second-order valence-corrected chi connectivity index (χ2v) is 7.23. The summed E-state index contributed by atoms with van der Waals surface area (Å²) in [5, 5.41) is 21.2. The van der Waals surface area contributed by atoms with Gasteiger partial charge in [-0.05, 0) is 49.9 Å². The van der Waals surface area contributed by atoms with E-state index in [-0.39, 0.29) is 12.6 Å². The van der Waals surface area contributed by atoms with Crippen LogP contribution in [0.25, 0.3) is 0 Å². The van der Waals surface area contributed by atoms with Crippen LogP contribution in [0.5, 0.6) is 0 Å². The molecule has 1 heterocycles. The maximum absolute atomic E-state index is 11.9. The van der Waals surface area contributed by atoms with Crippen LogP contribution in [-0.4, -0.2) is 23.7 Å². The van der Waals surface area contributed by atoms with Gasteiger partial charge < -0.3 is 21.1 Å². The molecule has 0 aliphatic heterocycles. The van der Waals surface area contributed by atoms with Gasteiger partial charge in [-0.1, -0.05) is 18.2 Å². The predicted molar refractivity (Wildman–Crippen MR) is 99.3 cm³/mol. The first-order valence-corrected chi connectivity index (χ1v) is 8.88. The molecule has 2 aromatic rings. The second kappa shape index (κ2) is 8.17. The monoisotopic (exact) mass is 347 g/mol. The minimum atomic E-state index is -1.06. The van der Waals surface area contributed by atoms with E-state index in [1.54, 1.807) is 6.92 Å². The molecule has 0 radical (unpaired) electrons. The van der Waals surface area contributed by atoms with E-state index in [4.69, 9.17) is 0 Å². The lowest BCUT2D eigenvalue weighted by atomic mass is 10.1. The van der Waals surface area contributed by atoms with E-state index in [9.17, 15) is 9.90 Å². The summed E-state index contributed by atoms with van der Waals surface area (Å²) in [7, 11) is 0. The normalized spacial score (nSPS) is 13.4. The summed E-state index contributed by atoms with van der Waals surface area (Å²) in [5.41, 5.74) is 0.984. The number of carbonyl (C=O) groups is 1. The molecule has 4 N–H and O–H groups in total. The summed E-state index contributed by atoms with van der Waals surface area (Å²) in [6.45, 7) is 6.45. The van der Waals surface area contributed by atoms with Crippen molar-refractivity contribution in [3.63, 3.8) is 0 Å². The second-order valence-electron chi connectivity index (χ2n) is 6.29. The molecule has 0 bridgehead atoms. The summed E-state index contributed by atoms with van der Waals surface area (Å²) in [6, 6.07) is 11.7. The first kappa shape index (κ1) is 18.3. The third-order valence-electron chi connectivity index (χ3n) is 3.48. The molecule has 1 aromatic heterocycles. The van der Waals surface area contributed by atoms with Gasteiger partial charge in [0.25, 0.3) is 0 Å². The van der Waals surface area contributed by atoms with Gasteiger partial charge in [-0.3, -0.25) is 0 Å². The fourth-order valence-corrected chi connectivity index (χ4v) is 3.06. The van der Waals surface area contributed by atoms with Crippen LogP contribution in [0.2, 0.25) is 0 Å². The van der Waals surface area contributed by atoms with E-state index >= 15 is 0 Å². The summed E-state index contributed by atoms with van der Waals surface area (Å²) in [4.78, 5) is 12.8. The Labute approximate surface area is 147 Å². The highest BCUT2D eigenvalue weighted by Crippen LogP contribution is 2.24. The van der Waals surface area contributed by atoms with Gasteiger partial charge in [0.1, 0.15) is 5.60 Å². The van der Waals surface area contributed by atoms with Crippen molar-refractivity contribution in [3.05, 3.63) is 52.2 Å². The Kier molecular flexibility index (Phi) is 6.23. The minimum Gasteiger partial charge on any atom is -0.383 e. The highest BCUT2D eigenvalue weighted by molar-refractivity contribution is 7.10. The number of hydrogen-bond donors (Lipinski definition) is 4. The van der Waals surface area contributed by atoms with E-state index in [1.165, 1.54) is 11.3 Å². The zero-order valence-corrected chi connectivity index (χ0v) is 15.1. The summed E-state index contributed by atoms with van der Waals surface area (Å²) in [6.07, 6.45) is 0. The zero-order chi connectivity index (χ0) is 17.6. The largest absolute Gasteiger partial charge is 0.383 e. The van der Waals surface area contributed by atoms with Crippen molar-refractivity contribution >= 4 is 23.1 Å². The number of carbonyl (C=O) groups excluding carboxylic acids is 1. The molecule has 0 aliphatic carbocycles. The van der Waals surface area contributed by atoms with Crippen molar-refractivity contribution < 1.29 is 9.90 Å². The average Bonchev–Trinajstić information content (AvgIpc) is 3.06. The number of amides is 2. The molecule has 130 valence electrons. The molecular formula is C18H25N3O2S. The van der Waals surface area contributed by atoms with Crippen LogP contribution in [0.1, 0.15) is 31.2 Å². The Morgan fingerprint density at radius 2 is 2.04 bits per heavy atom. The zero-order valence-electron chi connectivity index (χ0n) is 14.3. The highest BCUT2D eigenvalue weighted by Gasteiger charge is 2.24. The number of hydrogen-bond acceptors (Lipinski definition) is 4. The smallest absolute Gasteiger partial charge is 0.315 e. The van der Waals surface area contributed by atoms with Gasteiger partial charge in [0, 0.05) is 23.2 Å². The number of nitrogens with one attached hydrogen (secondary N) is 3. The van der Waals surface area contributed by atoms with E-state index in [0.29, 0.717) is 12.6 Å².